The minimum Gasteiger partial charge on any atom is -0.342 e. The van der Waals surface area contributed by atoms with Crippen LogP contribution < -0.4 is 21.5 Å². The van der Waals surface area contributed by atoms with Gasteiger partial charge in [-0.2, -0.15) is 0 Å². The molecule has 0 aliphatic carbocycles. The van der Waals surface area contributed by atoms with Gasteiger partial charge in [-0.05, 0) is 47.9 Å². The van der Waals surface area contributed by atoms with Crippen molar-refractivity contribution in [3.05, 3.63) is 52.5 Å². The Morgan fingerprint density at radius 3 is 2.52 bits per heavy atom. The van der Waals surface area contributed by atoms with Gasteiger partial charge in [0.2, 0.25) is 0 Å². The molecule has 2 aromatic rings. The highest BCUT2D eigenvalue weighted by Crippen LogP contribution is 2.08. The quantitative estimate of drug-likeness (QED) is 0.497. The Kier molecular flexibility index (Phi) is 6.01. The monoisotopic (exact) mass is 352 g/mol. The molecule has 0 bridgehead atoms. The van der Waals surface area contributed by atoms with Crippen LogP contribution in [-0.4, -0.2) is 23.5 Å². The Bertz CT molecular complexity index is 689. The predicted octanol–water partition coefficient (Wildman–Crippen LogP) is 1.63. The van der Waals surface area contributed by atoms with Gasteiger partial charge in [0.1, 0.15) is 5.82 Å². The lowest BCUT2D eigenvalue weighted by molar-refractivity contribution is -0.120. The molecule has 0 saturated heterocycles. The predicted molar refractivity (Wildman–Crippen MR) is 90.6 cm³/mol. The van der Waals surface area contributed by atoms with Crippen molar-refractivity contribution in [1.82, 2.24) is 16.2 Å². The molecule has 0 radical (unpaired) electrons. The fraction of sp³-hybridized carbons (Fsp3) is 0.0714. The number of thiophene rings is 1. The van der Waals surface area contributed by atoms with E-state index in [0.29, 0.717) is 10.6 Å². The number of halogens is 1. The first-order valence-electron chi connectivity index (χ1n) is 6.47. The molecule has 6 nitrogen and oxygen atoms in total. The van der Waals surface area contributed by atoms with E-state index in [-0.39, 0.29) is 23.4 Å². The van der Waals surface area contributed by atoms with E-state index in [1.807, 2.05) is 0 Å². The summed E-state index contributed by atoms with van der Waals surface area (Å²) in [7, 11) is 0. The molecule has 0 fully saturated rings. The Hall–Kier alpha value is -2.52. The van der Waals surface area contributed by atoms with E-state index in [1.54, 1.807) is 17.5 Å². The van der Waals surface area contributed by atoms with Crippen LogP contribution in [-0.2, 0) is 4.79 Å². The van der Waals surface area contributed by atoms with E-state index < -0.39 is 5.91 Å². The third-order valence-corrected chi connectivity index (χ3v) is 3.64. The van der Waals surface area contributed by atoms with Gasteiger partial charge >= 0.3 is 0 Å². The van der Waals surface area contributed by atoms with Crippen molar-refractivity contribution in [2.24, 2.45) is 0 Å². The summed E-state index contributed by atoms with van der Waals surface area (Å²) in [4.78, 5) is 23.8. The number of rotatable bonds is 4. The lowest BCUT2D eigenvalue weighted by atomic mass is 10.3. The normalized spacial score (nSPS) is 9.78. The summed E-state index contributed by atoms with van der Waals surface area (Å²) < 4.78 is 12.8. The molecule has 2 amide bonds. The Labute approximate surface area is 141 Å². The summed E-state index contributed by atoms with van der Waals surface area (Å²) in [6, 6.07) is 8.99. The van der Waals surface area contributed by atoms with E-state index in [0.717, 1.165) is 0 Å². The Morgan fingerprint density at radius 1 is 1.13 bits per heavy atom. The van der Waals surface area contributed by atoms with Gasteiger partial charge in [-0.1, -0.05) is 6.07 Å². The third-order valence-electron chi connectivity index (χ3n) is 2.57. The lowest BCUT2D eigenvalue weighted by Crippen LogP contribution is -2.47. The van der Waals surface area contributed by atoms with Crippen molar-refractivity contribution in [3.8, 4) is 0 Å². The van der Waals surface area contributed by atoms with Crippen LogP contribution in [0.5, 0.6) is 0 Å². The van der Waals surface area contributed by atoms with Crippen LogP contribution in [0.2, 0.25) is 0 Å². The second-order valence-corrected chi connectivity index (χ2v) is 5.65. The number of carbonyl (C=O) groups is 2. The molecule has 0 unspecified atom stereocenters. The largest absolute Gasteiger partial charge is 0.342 e. The highest BCUT2D eigenvalue weighted by molar-refractivity contribution is 7.80. The molecule has 23 heavy (non-hydrogen) atoms. The number of hydrogen-bond acceptors (Lipinski definition) is 4. The van der Waals surface area contributed by atoms with Crippen LogP contribution >= 0.6 is 23.6 Å². The summed E-state index contributed by atoms with van der Waals surface area (Å²) in [6.45, 7) is -0.192. The molecule has 1 aromatic carbocycles. The number of amides is 2. The van der Waals surface area contributed by atoms with Crippen LogP contribution in [0.25, 0.3) is 0 Å². The number of hydrazine groups is 1. The standard InChI is InChI=1S/C14H13FN4O2S2/c15-9-3-5-10(6-4-9)17-14(22)19-18-12(20)8-16-13(21)11-2-1-7-23-11/h1-7H,8H2,(H,16,21)(H,18,20)(H2,17,19,22). The first-order chi connectivity index (χ1) is 11.0. The van der Waals surface area contributed by atoms with Crippen LogP contribution in [0.3, 0.4) is 0 Å². The second-order valence-electron chi connectivity index (χ2n) is 4.29. The molecule has 0 atom stereocenters. The number of hydrogen-bond donors (Lipinski definition) is 4. The summed E-state index contributed by atoms with van der Waals surface area (Å²) >= 11 is 6.26. The molecule has 0 spiro atoms. The molecule has 120 valence electrons. The number of nitrogens with one attached hydrogen (secondary N) is 4. The van der Waals surface area contributed by atoms with Gasteiger partial charge in [0.05, 0.1) is 11.4 Å². The van der Waals surface area contributed by atoms with E-state index >= 15 is 0 Å². The molecule has 2 rings (SSSR count). The smallest absolute Gasteiger partial charge is 0.261 e. The molecule has 1 heterocycles. The summed E-state index contributed by atoms with van der Waals surface area (Å²) in [5.74, 6) is -1.13. The van der Waals surface area contributed by atoms with Gasteiger partial charge in [-0.25, -0.2) is 4.39 Å². The third kappa shape index (κ3) is 5.64. The van der Waals surface area contributed by atoms with Crippen molar-refractivity contribution in [3.63, 3.8) is 0 Å². The highest BCUT2D eigenvalue weighted by atomic mass is 32.1. The van der Waals surface area contributed by atoms with Crippen molar-refractivity contribution in [2.45, 2.75) is 0 Å². The summed E-state index contributed by atoms with van der Waals surface area (Å²) in [6.07, 6.45) is 0. The van der Waals surface area contributed by atoms with Crippen molar-refractivity contribution >= 4 is 46.2 Å². The molecular formula is C14H13FN4O2S2. The van der Waals surface area contributed by atoms with Crippen LogP contribution in [0.1, 0.15) is 9.67 Å². The van der Waals surface area contributed by atoms with E-state index in [9.17, 15) is 14.0 Å². The fourth-order valence-corrected chi connectivity index (χ4v) is 2.33. The van der Waals surface area contributed by atoms with Gasteiger partial charge in [0.25, 0.3) is 11.8 Å². The number of benzene rings is 1. The van der Waals surface area contributed by atoms with Gasteiger partial charge in [-0.3, -0.25) is 20.4 Å². The molecular weight excluding hydrogens is 339 g/mol. The van der Waals surface area contributed by atoms with Crippen molar-refractivity contribution in [1.29, 1.82) is 0 Å². The van der Waals surface area contributed by atoms with E-state index in [4.69, 9.17) is 12.2 Å². The maximum Gasteiger partial charge on any atom is 0.261 e. The van der Waals surface area contributed by atoms with Gasteiger partial charge in [0.15, 0.2) is 5.11 Å². The highest BCUT2D eigenvalue weighted by Gasteiger charge is 2.08. The van der Waals surface area contributed by atoms with Gasteiger partial charge in [0, 0.05) is 5.69 Å². The lowest BCUT2D eigenvalue weighted by Gasteiger charge is -2.11. The minimum absolute atomic E-state index is 0.134. The van der Waals surface area contributed by atoms with Crippen LogP contribution in [0.4, 0.5) is 10.1 Å². The fourth-order valence-electron chi connectivity index (χ4n) is 1.52. The zero-order valence-corrected chi connectivity index (χ0v) is 13.4. The first kappa shape index (κ1) is 16.8. The van der Waals surface area contributed by atoms with Crippen molar-refractivity contribution in [2.75, 3.05) is 11.9 Å². The van der Waals surface area contributed by atoms with Gasteiger partial charge < -0.3 is 10.6 Å². The molecule has 9 heteroatoms. The number of carbonyl (C=O) groups excluding carboxylic acids is 2. The zero-order chi connectivity index (χ0) is 16.7. The zero-order valence-electron chi connectivity index (χ0n) is 11.8. The van der Waals surface area contributed by atoms with Crippen molar-refractivity contribution < 1.29 is 14.0 Å². The average Bonchev–Trinajstić information content (AvgIpc) is 3.07. The molecule has 1 aromatic heterocycles. The number of anilines is 1. The average molecular weight is 352 g/mol. The van der Waals surface area contributed by atoms with Gasteiger partial charge in [-0.15, -0.1) is 11.3 Å². The SMILES string of the molecule is O=C(CNC(=O)c1cccs1)NNC(=S)Nc1ccc(F)cc1. The number of thiocarbonyl (C=S) groups is 1. The topological polar surface area (TPSA) is 82.3 Å². The maximum atomic E-state index is 12.8. The van der Waals surface area contributed by atoms with E-state index in [2.05, 4.69) is 21.5 Å². The van der Waals surface area contributed by atoms with E-state index in [1.165, 1.54) is 35.6 Å². The maximum absolute atomic E-state index is 12.8. The summed E-state index contributed by atoms with van der Waals surface area (Å²) in [5.41, 5.74) is 5.39. The summed E-state index contributed by atoms with van der Waals surface area (Å²) in [5, 5.41) is 7.15. The Balaban J connectivity index is 1.68. The minimum atomic E-state index is -0.460. The molecule has 4 N–H and O–H groups in total. The molecule has 0 aliphatic heterocycles. The molecule has 0 aliphatic rings. The molecule has 0 saturated carbocycles. The second kappa shape index (κ2) is 8.20. The Morgan fingerprint density at radius 2 is 1.87 bits per heavy atom. The van der Waals surface area contributed by atoms with Crippen LogP contribution in [0.15, 0.2) is 41.8 Å². The van der Waals surface area contributed by atoms with Crippen LogP contribution in [0, 0.1) is 5.82 Å². The first-order valence-corrected chi connectivity index (χ1v) is 7.76.